The highest BCUT2D eigenvalue weighted by Crippen LogP contribution is 2.32. The van der Waals surface area contributed by atoms with Crippen LogP contribution in [0.5, 0.6) is 0 Å². The van der Waals surface area contributed by atoms with E-state index >= 15 is 0 Å². The molecular weight excluding hydrogens is 248 g/mol. The number of rotatable bonds is 5. The van der Waals surface area contributed by atoms with Crippen LogP contribution in [0.15, 0.2) is 0 Å². The second-order valence-electron chi connectivity index (χ2n) is 4.88. The van der Waals surface area contributed by atoms with Crippen molar-refractivity contribution in [3.05, 3.63) is 15.8 Å². The number of nitrogens with two attached hydrogens (primary N) is 1. The van der Waals surface area contributed by atoms with E-state index in [-0.39, 0.29) is 11.6 Å². The van der Waals surface area contributed by atoms with Gasteiger partial charge >= 0.3 is 5.69 Å². The van der Waals surface area contributed by atoms with Gasteiger partial charge in [0, 0.05) is 13.6 Å². The average molecular weight is 266 g/mol. The molecule has 19 heavy (non-hydrogen) atoms. The van der Waals surface area contributed by atoms with Crippen molar-refractivity contribution in [3.63, 3.8) is 0 Å². The van der Waals surface area contributed by atoms with Crippen LogP contribution in [0.4, 0.5) is 17.5 Å². The third-order valence-electron chi connectivity index (χ3n) is 3.47. The molecule has 0 aromatic carbocycles. The van der Waals surface area contributed by atoms with Gasteiger partial charge in [0.1, 0.15) is 5.69 Å². The van der Waals surface area contributed by atoms with Gasteiger partial charge in [0.05, 0.1) is 4.92 Å². The Morgan fingerprint density at radius 1 is 1.53 bits per heavy atom. The molecule has 1 aromatic rings. The lowest BCUT2D eigenvalue weighted by Gasteiger charge is -2.30. The normalized spacial score (nSPS) is 14.9. The van der Waals surface area contributed by atoms with Gasteiger partial charge < -0.3 is 4.90 Å². The molecule has 3 N–H and O–H groups in total. The number of nitrogens with zero attached hydrogens (tertiary/aromatic N) is 4. The van der Waals surface area contributed by atoms with E-state index < -0.39 is 4.92 Å². The van der Waals surface area contributed by atoms with E-state index in [2.05, 4.69) is 15.4 Å². The fourth-order valence-corrected chi connectivity index (χ4v) is 2.25. The van der Waals surface area contributed by atoms with Crippen LogP contribution in [-0.4, -0.2) is 28.5 Å². The van der Waals surface area contributed by atoms with Crippen LogP contribution in [0.2, 0.25) is 0 Å². The molecule has 1 heterocycles. The number of hydrogen-bond acceptors (Lipinski definition) is 7. The van der Waals surface area contributed by atoms with E-state index in [0.717, 1.165) is 6.54 Å². The number of aryl methyl sites for hydroxylation is 1. The smallest absolute Gasteiger partial charge is 0.332 e. The number of nitro groups is 1. The highest BCUT2D eigenvalue weighted by molar-refractivity contribution is 5.62. The highest BCUT2D eigenvalue weighted by atomic mass is 16.6. The van der Waals surface area contributed by atoms with Crippen LogP contribution in [0.1, 0.15) is 25.0 Å². The van der Waals surface area contributed by atoms with E-state index in [9.17, 15) is 10.1 Å². The molecule has 8 heteroatoms. The summed E-state index contributed by atoms with van der Waals surface area (Å²) >= 11 is 0. The molecule has 1 fully saturated rings. The summed E-state index contributed by atoms with van der Waals surface area (Å²) in [6.45, 7) is 2.35. The summed E-state index contributed by atoms with van der Waals surface area (Å²) < 4.78 is 0. The molecule has 1 aliphatic carbocycles. The van der Waals surface area contributed by atoms with Gasteiger partial charge in [0.25, 0.3) is 0 Å². The second-order valence-corrected chi connectivity index (χ2v) is 4.88. The molecule has 104 valence electrons. The van der Waals surface area contributed by atoms with Gasteiger partial charge in [0.15, 0.2) is 0 Å². The Hall–Kier alpha value is -1.96. The predicted octanol–water partition coefficient (Wildman–Crippen LogP) is 1.22. The lowest BCUT2D eigenvalue weighted by atomic mass is 9.85. The Kier molecular flexibility index (Phi) is 3.79. The topological polar surface area (TPSA) is 110 Å². The molecule has 2 rings (SSSR count). The monoisotopic (exact) mass is 266 g/mol. The van der Waals surface area contributed by atoms with Crippen LogP contribution in [0, 0.1) is 23.0 Å². The molecule has 0 saturated heterocycles. The number of aromatic nitrogens is 2. The molecule has 0 amide bonds. The molecule has 0 radical (unpaired) electrons. The zero-order valence-electron chi connectivity index (χ0n) is 11.1. The summed E-state index contributed by atoms with van der Waals surface area (Å²) in [4.78, 5) is 20.6. The van der Waals surface area contributed by atoms with Gasteiger partial charge in [-0.25, -0.2) is 10.8 Å². The zero-order chi connectivity index (χ0) is 14.0. The van der Waals surface area contributed by atoms with Crippen LogP contribution in [0.3, 0.4) is 0 Å². The number of anilines is 2. The van der Waals surface area contributed by atoms with E-state index in [0.29, 0.717) is 17.4 Å². The largest absolute Gasteiger partial charge is 0.354 e. The first-order chi connectivity index (χ1) is 9.02. The minimum absolute atomic E-state index is 0.0548. The van der Waals surface area contributed by atoms with Gasteiger partial charge in [-0.3, -0.25) is 15.5 Å². The standard InChI is InChI=1S/C11H18N6O2/c1-7-9(17(18)19)10(14-11(13-7)15-12)16(2)6-8-4-3-5-8/h8H,3-6,12H2,1-2H3,(H,13,14,15). The third-order valence-corrected chi connectivity index (χ3v) is 3.47. The summed E-state index contributed by atoms with van der Waals surface area (Å²) in [5.74, 6) is 6.39. The van der Waals surface area contributed by atoms with Crippen LogP contribution >= 0.6 is 0 Å². The first-order valence-electron chi connectivity index (χ1n) is 6.23. The van der Waals surface area contributed by atoms with Crippen molar-refractivity contribution in [2.24, 2.45) is 11.8 Å². The third kappa shape index (κ3) is 2.73. The van der Waals surface area contributed by atoms with Crippen LogP contribution in [0.25, 0.3) is 0 Å². The van der Waals surface area contributed by atoms with Crippen molar-refractivity contribution in [1.82, 2.24) is 9.97 Å². The van der Waals surface area contributed by atoms with Gasteiger partial charge in [-0.05, 0) is 25.7 Å². The zero-order valence-corrected chi connectivity index (χ0v) is 11.1. The molecule has 1 aromatic heterocycles. The van der Waals surface area contributed by atoms with Gasteiger partial charge in [-0.2, -0.15) is 4.98 Å². The maximum atomic E-state index is 11.2. The Balaban J connectivity index is 2.34. The lowest BCUT2D eigenvalue weighted by molar-refractivity contribution is -0.385. The van der Waals surface area contributed by atoms with E-state index in [4.69, 9.17) is 5.84 Å². The fourth-order valence-electron chi connectivity index (χ4n) is 2.25. The fraction of sp³-hybridized carbons (Fsp3) is 0.636. The summed E-state index contributed by atoms with van der Waals surface area (Å²) in [7, 11) is 1.81. The first kappa shape index (κ1) is 13.5. The first-order valence-corrected chi connectivity index (χ1v) is 6.23. The Bertz CT molecular complexity index is 488. The second kappa shape index (κ2) is 5.35. The van der Waals surface area contributed by atoms with E-state index in [1.807, 2.05) is 11.9 Å². The molecule has 0 aliphatic heterocycles. The summed E-state index contributed by atoms with van der Waals surface area (Å²) in [6.07, 6.45) is 3.58. The Labute approximate surface area is 111 Å². The van der Waals surface area contributed by atoms with Gasteiger partial charge in [0.2, 0.25) is 11.8 Å². The summed E-state index contributed by atoms with van der Waals surface area (Å²) in [6, 6.07) is 0. The molecule has 0 atom stereocenters. The number of nitrogens with one attached hydrogen (secondary N) is 1. The minimum atomic E-state index is -0.442. The molecular formula is C11H18N6O2. The van der Waals surface area contributed by atoms with Crippen molar-refractivity contribution >= 4 is 17.5 Å². The van der Waals surface area contributed by atoms with Gasteiger partial charge in [-0.15, -0.1) is 0 Å². The maximum absolute atomic E-state index is 11.2. The molecule has 0 unspecified atom stereocenters. The summed E-state index contributed by atoms with van der Waals surface area (Å²) in [5, 5.41) is 11.2. The van der Waals surface area contributed by atoms with Crippen molar-refractivity contribution in [3.8, 4) is 0 Å². The van der Waals surface area contributed by atoms with Crippen molar-refractivity contribution in [2.45, 2.75) is 26.2 Å². The van der Waals surface area contributed by atoms with Crippen LogP contribution < -0.4 is 16.2 Å². The highest BCUT2D eigenvalue weighted by Gasteiger charge is 2.27. The lowest BCUT2D eigenvalue weighted by Crippen LogP contribution is -2.31. The molecule has 8 nitrogen and oxygen atoms in total. The van der Waals surface area contributed by atoms with Crippen molar-refractivity contribution < 1.29 is 4.92 Å². The molecule has 1 saturated carbocycles. The molecule has 0 bridgehead atoms. The Morgan fingerprint density at radius 2 is 2.21 bits per heavy atom. The van der Waals surface area contributed by atoms with E-state index in [1.165, 1.54) is 19.3 Å². The Morgan fingerprint density at radius 3 is 2.68 bits per heavy atom. The van der Waals surface area contributed by atoms with Crippen molar-refractivity contribution in [1.29, 1.82) is 0 Å². The SMILES string of the molecule is Cc1nc(NN)nc(N(C)CC2CCC2)c1[N+](=O)[O-]. The number of nitrogen functional groups attached to an aromatic ring is 1. The number of hydrazine groups is 1. The molecule has 1 aliphatic rings. The minimum Gasteiger partial charge on any atom is -0.354 e. The van der Waals surface area contributed by atoms with Crippen LogP contribution in [-0.2, 0) is 0 Å². The van der Waals surface area contributed by atoms with Crippen molar-refractivity contribution in [2.75, 3.05) is 23.9 Å². The quantitative estimate of drug-likeness (QED) is 0.468. The molecule has 0 spiro atoms. The van der Waals surface area contributed by atoms with E-state index in [1.54, 1.807) is 6.92 Å². The summed E-state index contributed by atoms with van der Waals surface area (Å²) in [5.41, 5.74) is 2.59. The average Bonchev–Trinajstić information content (AvgIpc) is 2.31. The maximum Gasteiger partial charge on any atom is 0.332 e. The predicted molar refractivity (Wildman–Crippen MR) is 71.8 cm³/mol. The van der Waals surface area contributed by atoms with Gasteiger partial charge in [-0.1, -0.05) is 6.42 Å². The number of hydrogen-bond donors (Lipinski definition) is 2.